The molecule has 0 aliphatic heterocycles. The van der Waals surface area contributed by atoms with E-state index in [9.17, 15) is 0 Å². The molecule has 0 bridgehead atoms. The maximum Gasteiger partial charge on any atom is 0.00385 e. The molecule has 0 amide bonds. The van der Waals surface area contributed by atoms with Gasteiger partial charge in [0.15, 0.2) is 0 Å². The predicted molar refractivity (Wildman–Crippen MR) is 87.8 cm³/mol. The van der Waals surface area contributed by atoms with Crippen molar-refractivity contribution < 1.29 is 0 Å². The highest BCUT2D eigenvalue weighted by Crippen LogP contribution is 2.07. The van der Waals surface area contributed by atoms with Gasteiger partial charge < -0.3 is 10.2 Å². The number of unbranched alkanes of at least 4 members (excludes halogenated alkanes) is 5. The van der Waals surface area contributed by atoms with Gasteiger partial charge in [0.2, 0.25) is 0 Å². The summed E-state index contributed by atoms with van der Waals surface area (Å²) >= 11 is 0. The van der Waals surface area contributed by atoms with Crippen LogP contribution in [0.4, 0.5) is 0 Å². The Bertz CT molecular complexity index is 178. The molecular formula is C17H38N2. The fraction of sp³-hybridized carbons (Fsp3) is 1.00. The van der Waals surface area contributed by atoms with Crippen LogP contribution in [0.5, 0.6) is 0 Å². The Labute approximate surface area is 122 Å². The highest BCUT2D eigenvalue weighted by atomic mass is 15.1. The molecule has 0 aromatic heterocycles. The number of hydrogen-bond donors (Lipinski definition) is 1. The van der Waals surface area contributed by atoms with Crippen molar-refractivity contribution in [1.29, 1.82) is 0 Å². The zero-order chi connectivity index (χ0) is 14.5. The molecule has 0 aromatic carbocycles. The molecule has 2 heteroatoms. The van der Waals surface area contributed by atoms with Crippen molar-refractivity contribution in [1.82, 2.24) is 10.2 Å². The Hall–Kier alpha value is -0.0800. The Kier molecular flexibility index (Phi) is 12.9. The SMILES string of the molecule is CCCCCN(CCCCCCNC(C)C)C(C)C. The minimum atomic E-state index is 0.634. The summed E-state index contributed by atoms with van der Waals surface area (Å²) < 4.78 is 0. The van der Waals surface area contributed by atoms with E-state index in [0.717, 1.165) is 0 Å². The van der Waals surface area contributed by atoms with Crippen LogP contribution in [-0.4, -0.2) is 36.6 Å². The Balaban J connectivity index is 3.48. The smallest absolute Gasteiger partial charge is 0.00385 e. The minimum Gasteiger partial charge on any atom is -0.315 e. The number of hydrogen-bond acceptors (Lipinski definition) is 2. The fourth-order valence-corrected chi connectivity index (χ4v) is 2.38. The molecule has 2 nitrogen and oxygen atoms in total. The standard InChI is InChI=1S/C17H38N2/c1-6-7-11-14-19(17(4)5)15-12-9-8-10-13-18-16(2)3/h16-18H,6-15H2,1-5H3. The topological polar surface area (TPSA) is 15.3 Å². The Morgan fingerprint density at radius 1 is 0.789 bits per heavy atom. The molecule has 0 aliphatic rings. The third-order valence-corrected chi connectivity index (χ3v) is 3.70. The Morgan fingerprint density at radius 3 is 1.89 bits per heavy atom. The largest absolute Gasteiger partial charge is 0.315 e. The number of nitrogens with zero attached hydrogens (tertiary/aromatic N) is 1. The van der Waals surface area contributed by atoms with Gasteiger partial charge in [0.05, 0.1) is 0 Å². The normalized spacial score (nSPS) is 12.0. The van der Waals surface area contributed by atoms with Crippen LogP contribution >= 0.6 is 0 Å². The lowest BCUT2D eigenvalue weighted by molar-refractivity contribution is 0.212. The molecule has 0 aliphatic carbocycles. The molecule has 0 radical (unpaired) electrons. The van der Waals surface area contributed by atoms with Gasteiger partial charge in [-0.25, -0.2) is 0 Å². The first-order chi connectivity index (χ1) is 9.07. The minimum absolute atomic E-state index is 0.634. The molecule has 0 fully saturated rings. The van der Waals surface area contributed by atoms with E-state index in [1.54, 1.807) is 0 Å². The first-order valence-corrected chi connectivity index (χ1v) is 8.55. The van der Waals surface area contributed by atoms with Crippen LogP contribution in [0.15, 0.2) is 0 Å². The third kappa shape index (κ3) is 12.7. The molecule has 1 N–H and O–H groups in total. The van der Waals surface area contributed by atoms with Crippen LogP contribution in [0.2, 0.25) is 0 Å². The van der Waals surface area contributed by atoms with Crippen molar-refractivity contribution >= 4 is 0 Å². The van der Waals surface area contributed by atoms with Gasteiger partial charge >= 0.3 is 0 Å². The van der Waals surface area contributed by atoms with E-state index in [-0.39, 0.29) is 0 Å². The molecule has 0 aromatic rings. The van der Waals surface area contributed by atoms with Crippen LogP contribution in [0.25, 0.3) is 0 Å². The van der Waals surface area contributed by atoms with E-state index in [4.69, 9.17) is 0 Å². The predicted octanol–water partition coefficient (Wildman–Crippen LogP) is 4.45. The van der Waals surface area contributed by atoms with Gasteiger partial charge in [-0.2, -0.15) is 0 Å². The average molecular weight is 271 g/mol. The summed E-state index contributed by atoms with van der Waals surface area (Å²) in [4.78, 5) is 2.65. The highest BCUT2D eigenvalue weighted by molar-refractivity contribution is 4.63. The van der Waals surface area contributed by atoms with E-state index < -0.39 is 0 Å². The quantitative estimate of drug-likeness (QED) is 0.498. The molecule has 0 atom stereocenters. The van der Waals surface area contributed by atoms with Crippen molar-refractivity contribution in [2.45, 2.75) is 91.6 Å². The average Bonchev–Trinajstić information content (AvgIpc) is 2.34. The van der Waals surface area contributed by atoms with Gasteiger partial charge in [-0.1, -0.05) is 46.5 Å². The van der Waals surface area contributed by atoms with Crippen molar-refractivity contribution in [2.75, 3.05) is 19.6 Å². The van der Waals surface area contributed by atoms with Crippen molar-refractivity contribution in [3.63, 3.8) is 0 Å². The van der Waals surface area contributed by atoms with E-state index >= 15 is 0 Å². The van der Waals surface area contributed by atoms with Gasteiger partial charge in [0.25, 0.3) is 0 Å². The van der Waals surface area contributed by atoms with E-state index in [2.05, 4.69) is 44.8 Å². The second-order valence-electron chi connectivity index (χ2n) is 6.36. The van der Waals surface area contributed by atoms with E-state index in [0.29, 0.717) is 12.1 Å². The molecule has 0 saturated carbocycles. The summed E-state index contributed by atoms with van der Waals surface area (Å²) in [5.74, 6) is 0. The highest BCUT2D eigenvalue weighted by Gasteiger charge is 2.07. The second kappa shape index (κ2) is 12.9. The number of rotatable bonds is 13. The van der Waals surface area contributed by atoms with Gasteiger partial charge in [-0.05, 0) is 52.7 Å². The van der Waals surface area contributed by atoms with Gasteiger partial charge in [0, 0.05) is 12.1 Å². The van der Waals surface area contributed by atoms with Crippen molar-refractivity contribution in [3.05, 3.63) is 0 Å². The molecule has 0 heterocycles. The Morgan fingerprint density at radius 2 is 1.37 bits per heavy atom. The summed E-state index contributed by atoms with van der Waals surface area (Å²) in [6, 6.07) is 1.34. The fourth-order valence-electron chi connectivity index (χ4n) is 2.38. The second-order valence-corrected chi connectivity index (χ2v) is 6.36. The summed E-state index contributed by atoms with van der Waals surface area (Å²) in [5, 5.41) is 3.49. The lowest BCUT2D eigenvalue weighted by atomic mass is 10.1. The lowest BCUT2D eigenvalue weighted by Gasteiger charge is -2.26. The first-order valence-electron chi connectivity index (χ1n) is 8.55. The molecular weight excluding hydrogens is 232 g/mol. The van der Waals surface area contributed by atoms with Crippen LogP contribution in [-0.2, 0) is 0 Å². The first kappa shape index (κ1) is 18.9. The monoisotopic (exact) mass is 270 g/mol. The van der Waals surface area contributed by atoms with Crippen LogP contribution < -0.4 is 5.32 Å². The zero-order valence-corrected chi connectivity index (χ0v) is 14.2. The molecule has 0 unspecified atom stereocenters. The van der Waals surface area contributed by atoms with Crippen LogP contribution in [0, 0.1) is 0 Å². The zero-order valence-electron chi connectivity index (χ0n) is 14.2. The van der Waals surface area contributed by atoms with Crippen molar-refractivity contribution in [2.24, 2.45) is 0 Å². The van der Waals surface area contributed by atoms with Gasteiger partial charge in [-0.3, -0.25) is 0 Å². The molecule has 0 spiro atoms. The van der Waals surface area contributed by atoms with Gasteiger partial charge in [-0.15, -0.1) is 0 Å². The number of nitrogens with one attached hydrogen (secondary N) is 1. The van der Waals surface area contributed by atoms with Gasteiger partial charge in [0.1, 0.15) is 0 Å². The van der Waals surface area contributed by atoms with Crippen LogP contribution in [0.3, 0.4) is 0 Å². The summed E-state index contributed by atoms with van der Waals surface area (Å²) in [6.45, 7) is 15.1. The maximum absolute atomic E-state index is 3.49. The summed E-state index contributed by atoms with van der Waals surface area (Å²) in [6.07, 6.45) is 9.53. The molecule has 0 rings (SSSR count). The summed E-state index contributed by atoms with van der Waals surface area (Å²) in [5.41, 5.74) is 0. The molecule has 116 valence electrons. The lowest BCUT2D eigenvalue weighted by Crippen LogP contribution is -2.32. The van der Waals surface area contributed by atoms with Crippen molar-refractivity contribution in [3.8, 4) is 0 Å². The maximum atomic E-state index is 3.49. The third-order valence-electron chi connectivity index (χ3n) is 3.70. The molecule has 0 saturated heterocycles. The van der Waals surface area contributed by atoms with E-state index in [1.807, 2.05) is 0 Å². The summed E-state index contributed by atoms with van der Waals surface area (Å²) in [7, 11) is 0. The van der Waals surface area contributed by atoms with Crippen LogP contribution in [0.1, 0.15) is 79.6 Å². The molecule has 19 heavy (non-hydrogen) atoms. The van der Waals surface area contributed by atoms with E-state index in [1.165, 1.54) is 64.6 Å².